The number of hydrogen-bond donors (Lipinski definition) is 1. The molecule has 0 bridgehead atoms. The van der Waals surface area contributed by atoms with E-state index in [9.17, 15) is 4.21 Å². The SMILES string of the molecule is N#CC(c1cccc2ccccc12)S(=O)O. The van der Waals surface area contributed by atoms with E-state index in [4.69, 9.17) is 9.81 Å². The van der Waals surface area contributed by atoms with Gasteiger partial charge < -0.3 is 4.55 Å². The largest absolute Gasteiger partial charge is 0.305 e. The van der Waals surface area contributed by atoms with Crippen LogP contribution in [0.25, 0.3) is 10.8 Å². The van der Waals surface area contributed by atoms with Crippen LogP contribution in [0.15, 0.2) is 42.5 Å². The van der Waals surface area contributed by atoms with Gasteiger partial charge in [0, 0.05) is 0 Å². The van der Waals surface area contributed by atoms with Crippen molar-refractivity contribution in [1.29, 1.82) is 5.26 Å². The van der Waals surface area contributed by atoms with Gasteiger partial charge in [-0.05, 0) is 16.3 Å². The molecule has 2 aromatic rings. The fraction of sp³-hybridized carbons (Fsp3) is 0.0833. The third kappa shape index (κ3) is 1.83. The fourth-order valence-electron chi connectivity index (χ4n) is 1.70. The molecule has 2 rings (SSSR count). The zero-order valence-corrected chi connectivity index (χ0v) is 9.15. The van der Waals surface area contributed by atoms with Gasteiger partial charge in [-0.2, -0.15) is 5.26 Å². The molecular formula is C12H9NO2S. The number of hydrogen-bond acceptors (Lipinski definition) is 2. The lowest BCUT2D eigenvalue weighted by molar-refractivity contribution is 0.559. The van der Waals surface area contributed by atoms with Crippen molar-refractivity contribution in [3.05, 3.63) is 48.0 Å². The predicted molar refractivity (Wildman–Crippen MR) is 63.1 cm³/mol. The summed E-state index contributed by atoms with van der Waals surface area (Å²) in [5, 5.41) is 9.72. The molecule has 0 aliphatic rings. The first-order chi connectivity index (χ1) is 7.74. The summed E-state index contributed by atoms with van der Waals surface area (Å²) in [5.74, 6) is 0. The van der Waals surface area contributed by atoms with Crippen LogP contribution in [0.2, 0.25) is 0 Å². The van der Waals surface area contributed by atoms with Gasteiger partial charge >= 0.3 is 0 Å². The molecule has 1 N–H and O–H groups in total. The van der Waals surface area contributed by atoms with Crippen LogP contribution in [-0.4, -0.2) is 8.76 Å². The summed E-state index contributed by atoms with van der Waals surface area (Å²) in [6, 6.07) is 14.8. The molecule has 3 nitrogen and oxygen atoms in total. The average Bonchev–Trinajstić information content (AvgIpc) is 2.30. The van der Waals surface area contributed by atoms with Crippen molar-refractivity contribution in [2.45, 2.75) is 5.25 Å². The van der Waals surface area contributed by atoms with Crippen LogP contribution in [0, 0.1) is 11.3 Å². The van der Waals surface area contributed by atoms with Gasteiger partial charge in [0.15, 0.2) is 16.3 Å². The molecule has 0 aliphatic carbocycles. The highest BCUT2D eigenvalue weighted by Gasteiger charge is 2.18. The van der Waals surface area contributed by atoms with Crippen molar-refractivity contribution in [3.63, 3.8) is 0 Å². The van der Waals surface area contributed by atoms with Gasteiger partial charge in [-0.1, -0.05) is 42.5 Å². The van der Waals surface area contributed by atoms with Crippen molar-refractivity contribution in [3.8, 4) is 6.07 Å². The molecule has 2 atom stereocenters. The number of benzene rings is 2. The Labute approximate surface area is 95.6 Å². The molecule has 0 radical (unpaired) electrons. The summed E-state index contributed by atoms with van der Waals surface area (Å²) in [4.78, 5) is 0. The molecule has 0 aliphatic heterocycles. The first-order valence-corrected chi connectivity index (χ1v) is 5.88. The predicted octanol–water partition coefficient (Wildman–Crippen LogP) is 2.63. The van der Waals surface area contributed by atoms with E-state index in [2.05, 4.69) is 0 Å². The lowest BCUT2D eigenvalue weighted by Gasteiger charge is -2.08. The van der Waals surface area contributed by atoms with Gasteiger partial charge in [-0.3, -0.25) is 0 Å². The van der Waals surface area contributed by atoms with E-state index >= 15 is 0 Å². The molecule has 0 saturated carbocycles. The van der Waals surface area contributed by atoms with Crippen LogP contribution in [0.5, 0.6) is 0 Å². The van der Waals surface area contributed by atoms with Crippen LogP contribution in [0.4, 0.5) is 0 Å². The maximum atomic E-state index is 11.1. The Balaban J connectivity index is 2.69. The van der Waals surface area contributed by atoms with E-state index in [0.29, 0.717) is 5.56 Å². The fourth-order valence-corrected chi connectivity index (χ4v) is 2.22. The second-order valence-corrected chi connectivity index (χ2v) is 4.38. The maximum absolute atomic E-state index is 11.1. The van der Waals surface area contributed by atoms with Crippen molar-refractivity contribution in [1.82, 2.24) is 0 Å². The van der Waals surface area contributed by atoms with Gasteiger partial charge in [-0.25, -0.2) is 4.21 Å². The third-order valence-corrected chi connectivity index (χ3v) is 3.19. The van der Waals surface area contributed by atoms with Crippen LogP contribution in [0.1, 0.15) is 10.8 Å². The Morgan fingerprint density at radius 1 is 1.19 bits per heavy atom. The number of nitriles is 1. The number of rotatable bonds is 2. The molecule has 0 aromatic heterocycles. The van der Waals surface area contributed by atoms with Gasteiger partial charge in [0.1, 0.15) is 0 Å². The standard InChI is InChI=1S/C12H9NO2S/c13-8-12(16(14)15)11-7-3-5-9-4-1-2-6-10(9)11/h1-7,12H,(H,14,15). The van der Waals surface area contributed by atoms with Gasteiger partial charge in [0.25, 0.3) is 0 Å². The van der Waals surface area contributed by atoms with E-state index in [0.717, 1.165) is 10.8 Å². The van der Waals surface area contributed by atoms with E-state index in [1.54, 1.807) is 12.1 Å². The van der Waals surface area contributed by atoms with Gasteiger partial charge in [0.2, 0.25) is 0 Å². The molecule has 0 saturated heterocycles. The van der Waals surface area contributed by atoms with Crippen molar-refractivity contribution < 1.29 is 8.76 Å². The number of fused-ring (bicyclic) bond motifs is 1. The smallest absolute Gasteiger partial charge is 0.175 e. The summed E-state index contributed by atoms with van der Waals surface area (Å²) in [6.07, 6.45) is 0. The summed E-state index contributed by atoms with van der Waals surface area (Å²) in [7, 11) is 0. The monoisotopic (exact) mass is 231 g/mol. The second kappa shape index (κ2) is 4.44. The van der Waals surface area contributed by atoms with Crippen LogP contribution >= 0.6 is 0 Å². The summed E-state index contributed by atoms with van der Waals surface area (Å²) in [6.45, 7) is 0. The first kappa shape index (κ1) is 10.8. The van der Waals surface area contributed by atoms with Crippen molar-refractivity contribution >= 4 is 21.9 Å². The molecule has 0 amide bonds. The molecule has 4 heteroatoms. The molecule has 16 heavy (non-hydrogen) atoms. The van der Waals surface area contributed by atoms with E-state index < -0.39 is 16.3 Å². The Kier molecular flexibility index (Phi) is 3.00. The van der Waals surface area contributed by atoms with E-state index in [1.807, 2.05) is 36.4 Å². The Morgan fingerprint density at radius 2 is 1.88 bits per heavy atom. The lowest BCUT2D eigenvalue weighted by Crippen LogP contribution is -2.03. The van der Waals surface area contributed by atoms with Gasteiger partial charge in [-0.15, -0.1) is 0 Å². The van der Waals surface area contributed by atoms with Crippen LogP contribution in [-0.2, 0) is 11.1 Å². The Hall–Kier alpha value is -1.70. The minimum atomic E-state index is -2.17. The second-order valence-electron chi connectivity index (χ2n) is 3.35. The minimum Gasteiger partial charge on any atom is -0.305 e. The van der Waals surface area contributed by atoms with Gasteiger partial charge in [0.05, 0.1) is 6.07 Å². The normalized spacial score (nSPS) is 14.2. The third-order valence-electron chi connectivity index (χ3n) is 2.42. The molecule has 80 valence electrons. The summed E-state index contributed by atoms with van der Waals surface area (Å²) >= 11 is -2.17. The highest BCUT2D eigenvalue weighted by Crippen LogP contribution is 2.26. The highest BCUT2D eigenvalue weighted by atomic mass is 32.2. The average molecular weight is 231 g/mol. The number of nitrogens with zero attached hydrogens (tertiary/aromatic N) is 1. The molecule has 2 unspecified atom stereocenters. The Morgan fingerprint density at radius 3 is 2.56 bits per heavy atom. The van der Waals surface area contributed by atoms with E-state index in [-0.39, 0.29) is 0 Å². The zero-order chi connectivity index (χ0) is 11.5. The maximum Gasteiger partial charge on any atom is 0.175 e. The molecule has 0 spiro atoms. The topological polar surface area (TPSA) is 61.1 Å². The Bertz CT molecular complexity index is 584. The molecule has 0 heterocycles. The molecule has 2 aromatic carbocycles. The molecule has 0 fully saturated rings. The van der Waals surface area contributed by atoms with Crippen LogP contribution < -0.4 is 0 Å². The quantitative estimate of drug-likeness (QED) is 0.808. The van der Waals surface area contributed by atoms with E-state index in [1.165, 1.54) is 0 Å². The van der Waals surface area contributed by atoms with Crippen molar-refractivity contribution in [2.75, 3.05) is 0 Å². The summed E-state index contributed by atoms with van der Waals surface area (Å²) < 4.78 is 20.1. The minimum absolute atomic E-state index is 0.599. The summed E-state index contributed by atoms with van der Waals surface area (Å²) in [5.41, 5.74) is 0.599. The highest BCUT2D eigenvalue weighted by molar-refractivity contribution is 7.79. The first-order valence-electron chi connectivity index (χ1n) is 4.71. The molecular weight excluding hydrogens is 222 g/mol. The van der Waals surface area contributed by atoms with Crippen molar-refractivity contribution in [2.24, 2.45) is 0 Å². The van der Waals surface area contributed by atoms with Crippen LogP contribution in [0.3, 0.4) is 0 Å². The lowest BCUT2D eigenvalue weighted by atomic mass is 10.0. The zero-order valence-electron chi connectivity index (χ0n) is 8.33.